The number of nitriles is 1. The predicted molar refractivity (Wildman–Crippen MR) is 71.4 cm³/mol. The first kappa shape index (κ1) is 15.2. The molecule has 1 amide bonds. The maximum Gasteiger partial charge on any atom is 0.239 e. The number of sulfonamides is 1. The largest absolute Gasteiger partial charge is 0.274 e. The lowest BCUT2D eigenvalue weighted by atomic mass is 10.1. The second-order valence-corrected chi connectivity index (χ2v) is 5.88. The summed E-state index contributed by atoms with van der Waals surface area (Å²) >= 11 is 0. The van der Waals surface area contributed by atoms with Gasteiger partial charge in [-0.3, -0.25) is 9.52 Å². The van der Waals surface area contributed by atoms with E-state index in [1.807, 2.05) is 17.7 Å². The van der Waals surface area contributed by atoms with Crippen molar-refractivity contribution in [3.05, 3.63) is 35.4 Å². The fourth-order valence-corrected chi connectivity index (χ4v) is 2.74. The first-order valence-electron chi connectivity index (χ1n) is 6.00. The van der Waals surface area contributed by atoms with Crippen molar-refractivity contribution in [2.45, 2.75) is 31.9 Å². The first-order chi connectivity index (χ1) is 8.98. The number of hydrogen-bond donors (Lipinski definition) is 1. The number of benzene rings is 1. The van der Waals surface area contributed by atoms with Crippen LogP contribution in [0.5, 0.6) is 0 Å². The van der Waals surface area contributed by atoms with Gasteiger partial charge in [-0.2, -0.15) is 5.26 Å². The second kappa shape index (κ2) is 6.90. The summed E-state index contributed by atoms with van der Waals surface area (Å²) in [6.07, 6.45) is 1.66. The predicted octanol–water partition coefficient (Wildman–Crippen LogP) is 1.69. The third kappa shape index (κ3) is 5.10. The molecule has 0 radical (unpaired) electrons. The van der Waals surface area contributed by atoms with Gasteiger partial charge in [-0.1, -0.05) is 31.5 Å². The van der Waals surface area contributed by atoms with Gasteiger partial charge in [0.15, 0.2) is 0 Å². The number of carbonyl (C=O) groups excluding carboxylic acids is 1. The van der Waals surface area contributed by atoms with E-state index in [0.717, 1.165) is 6.42 Å². The number of carbonyl (C=O) groups is 1. The summed E-state index contributed by atoms with van der Waals surface area (Å²) in [6, 6.07) is 8.36. The third-order valence-corrected chi connectivity index (χ3v) is 3.74. The van der Waals surface area contributed by atoms with E-state index in [1.54, 1.807) is 24.3 Å². The van der Waals surface area contributed by atoms with Crippen molar-refractivity contribution in [2.75, 3.05) is 0 Å². The summed E-state index contributed by atoms with van der Waals surface area (Å²) in [6.45, 7) is 1.92. The molecular formula is C13H16N2O3S. The van der Waals surface area contributed by atoms with Crippen molar-refractivity contribution in [3.63, 3.8) is 0 Å². The molecular weight excluding hydrogens is 264 g/mol. The number of unbranched alkanes of at least 4 members (excludes halogenated alkanes) is 1. The minimum atomic E-state index is -3.75. The smallest absolute Gasteiger partial charge is 0.239 e. The molecule has 6 heteroatoms. The molecule has 0 fully saturated rings. The van der Waals surface area contributed by atoms with Crippen LogP contribution in [0.25, 0.3) is 0 Å². The zero-order valence-corrected chi connectivity index (χ0v) is 11.5. The van der Waals surface area contributed by atoms with Gasteiger partial charge in [0, 0.05) is 6.42 Å². The van der Waals surface area contributed by atoms with Gasteiger partial charge in [-0.25, -0.2) is 8.42 Å². The number of nitrogens with zero attached hydrogens (tertiary/aromatic N) is 1. The fourth-order valence-electron chi connectivity index (χ4n) is 1.56. The molecule has 0 unspecified atom stereocenters. The van der Waals surface area contributed by atoms with E-state index in [0.29, 0.717) is 17.5 Å². The van der Waals surface area contributed by atoms with E-state index in [4.69, 9.17) is 5.26 Å². The van der Waals surface area contributed by atoms with Crippen molar-refractivity contribution in [1.29, 1.82) is 5.26 Å². The Morgan fingerprint density at radius 1 is 1.37 bits per heavy atom. The molecule has 0 heterocycles. The van der Waals surface area contributed by atoms with Crippen LogP contribution in [0.1, 0.15) is 37.3 Å². The molecule has 0 saturated heterocycles. The van der Waals surface area contributed by atoms with Gasteiger partial charge in [0.2, 0.25) is 15.9 Å². The molecule has 1 aromatic carbocycles. The van der Waals surface area contributed by atoms with Crippen LogP contribution in [0.4, 0.5) is 0 Å². The summed E-state index contributed by atoms with van der Waals surface area (Å²) in [5, 5.41) is 8.88. The van der Waals surface area contributed by atoms with Gasteiger partial charge >= 0.3 is 0 Å². The standard InChI is InChI=1S/C13H16N2O3S/c1-2-3-8-13(16)15-19(17,18)10-12-7-5-4-6-11(12)9-14/h4-7H,2-3,8,10H2,1H3,(H,15,16). The second-order valence-electron chi connectivity index (χ2n) is 4.16. The molecule has 0 bridgehead atoms. The molecule has 1 rings (SSSR count). The molecule has 1 N–H and O–H groups in total. The van der Waals surface area contributed by atoms with Crippen LogP contribution >= 0.6 is 0 Å². The summed E-state index contributed by atoms with van der Waals surface area (Å²) < 4.78 is 25.6. The van der Waals surface area contributed by atoms with Gasteiger partial charge < -0.3 is 0 Å². The van der Waals surface area contributed by atoms with Gasteiger partial charge in [-0.05, 0) is 18.1 Å². The molecule has 1 aromatic rings. The molecule has 0 aliphatic heterocycles. The van der Waals surface area contributed by atoms with Crippen molar-refractivity contribution < 1.29 is 13.2 Å². The minimum Gasteiger partial charge on any atom is -0.274 e. The van der Waals surface area contributed by atoms with E-state index in [2.05, 4.69) is 0 Å². The molecule has 0 saturated carbocycles. The van der Waals surface area contributed by atoms with Crippen LogP contribution in [0.3, 0.4) is 0 Å². The Hall–Kier alpha value is -1.87. The lowest BCUT2D eigenvalue weighted by Gasteiger charge is -2.07. The van der Waals surface area contributed by atoms with Gasteiger partial charge in [0.1, 0.15) is 0 Å². The molecule has 0 aliphatic carbocycles. The summed E-state index contributed by atoms with van der Waals surface area (Å²) in [5.74, 6) is -0.870. The number of rotatable bonds is 6. The van der Waals surface area contributed by atoms with Gasteiger partial charge in [-0.15, -0.1) is 0 Å². The van der Waals surface area contributed by atoms with Crippen molar-refractivity contribution in [2.24, 2.45) is 0 Å². The summed E-state index contributed by atoms with van der Waals surface area (Å²) in [7, 11) is -3.75. The van der Waals surface area contributed by atoms with Crippen molar-refractivity contribution >= 4 is 15.9 Å². The Bertz CT molecular complexity index is 588. The summed E-state index contributed by atoms with van der Waals surface area (Å²) in [5.41, 5.74) is 0.690. The van der Waals surface area contributed by atoms with Crippen molar-refractivity contribution in [1.82, 2.24) is 4.72 Å². The van der Waals surface area contributed by atoms with E-state index >= 15 is 0 Å². The molecule has 0 spiro atoms. The van der Waals surface area contributed by atoms with Crippen LogP contribution in [0.15, 0.2) is 24.3 Å². The van der Waals surface area contributed by atoms with Crippen LogP contribution in [0, 0.1) is 11.3 Å². The van der Waals surface area contributed by atoms with E-state index < -0.39 is 15.9 Å². The van der Waals surface area contributed by atoms with E-state index in [-0.39, 0.29) is 12.2 Å². The van der Waals surface area contributed by atoms with Gasteiger partial charge in [0.05, 0.1) is 17.4 Å². The SMILES string of the molecule is CCCCC(=O)NS(=O)(=O)Cc1ccccc1C#N. The first-order valence-corrected chi connectivity index (χ1v) is 7.65. The molecule has 102 valence electrons. The maximum atomic E-state index is 11.8. The summed E-state index contributed by atoms with van der Waals surface area (Å²) in [4.78, 5) is 11.4. The highest BCUT2D eigenvalue weighted by Crippen LogP contribution is 2.11. The average molecular weight is 280 g/mol. The maximum absolute atomic E-state index is 11.8. The Balaban J connectivity index is 2.75. The fraction of sp³-hybridized carbons (Fsp3) is 0.385. The van der Waals surface area contributed by atoms with Gasteiger partial charge in [0.25, 0.3) is 0 Å². The Kier molecular flexibility index (Phi) is 5.52. The normalized spacial score (nSPS) is 10.7. The lowest BCUT2D eigenvalue weighted by molar-refractivity contribution is -0.119. The third-order valence-electron chi connectivity index (χ3n) is 2.51. The number of amides is 1. The molecule has 0 atom stereocenters. The molecule has 5 nitrogen and oxygen atoms in total. The lowest BCUT2D eigenvalue weighted by Crippen LogP contribution is -2.31. The minimum absolute atomic E-state index is 0.190. The number of hydrogen-bond acceptors (Lipinski definition) is 4. The highest BCUT2D eigenvalue weighted by Gasteiger charge is 2.16. The average Bonchev–Trinajstić information content (AvgIpc) is 2.36. The van der Waals surface area contributed by atoms with Crippen LogP contribution < -0.4 is 4.72 Å². The van der Waals surface area contributed by atoms with Crippen LogP contribution in [-0.2, 0) is 20.6 Å². The van der Waals surface area contributed by atoms with E-state index in [9.17, 15) is 13.2 Å². The highest BCUT2D eigenvalue weighted by atomic mass is 32.2. The zero-order chi connectivity index (χ0) is 14.3. The Morgan fingerprint density at radius 2 is 2.05 bits per heavy atom. The van der Waals surface area contributed by atoms with Crippen LogP contribution in [-0.4, -0.2) is 14.3 Å². The topological polar surface area (TPSA) is 87.0 Å². The quantitative estimate of drug-likeness (QED) is 0.859. The molecule has 0 aliphatic rings. The van der Waals surface area contributed by atoms with Crippen molar-refractivity contribution in [3.8, 4) is 6.07 Å². The van der Waals surface area contributed by atoms with Crippen LogP contribution in [0.2, 0.25) is 0 Å². The highest BCUT2D eigenvalue weighted by molar-refractivity contribution is 7.89. The Morgan fingerprint density at radius 3 is 2.68 bits per heavy atom. The molecule has 19 heavy (non-hydrogen) atoms. The molecule has 0 aromatic heterocycles. The number of nitrogens with one attached hydrogen (secondary N) is 1. The van der Waals surface area contributed by atoms with E-state index in [1.165, 1.54) is 0 Å². The monoisotopic (exact) mass is 280 g/mol. The Labute approximate surface area is 113 Å². The zero-order valence-electron chi connectivity index (χ0n) is 10.7.